The van der Waals surface area contributed by atoms with Crippen molar-refractivity contribution in [3.8, 4) is 0 Å². The molecule has 21 heavy (non-hydrogen) atoms. The van der Waals surface area contributed by atoms with Crippen molar-refractivity contribution in [1.29, 1.82) is 0 Å². The summed E-state index contributed by atoms with van der Waals surface area (Å²) in [5.41, 5.74) is 0.914. The van der Waals surface area contributed by atoms with E-state index < -0.39 is 0 Å². The average Bonchev–Trinajstić information content (AvgIpc) is 2.47. The molecule has 1 amide bonds. The van der Waals surface area contributed by atoms with E-state index in [9.17, 15) is 9.59 Å². The highest BCUT2D eigenvalue weighted by Crippen LogP contribution is 2.22. The number of rotatable bonds is 5. The summed E-state index contributed by atoms with van der Waals surface area (Å²) in [5, 5.41) is 3.62. The molecule has 2 atom stereocenters. The van der Waals surface area contributed by atoms with Crippen LogP contribution in [0.2, 0.25) is 5.02 Å². The molecular weight excluding hydrogens is 288 g/mol. The molecule has 0 bridgehead atoms. The van der Waals surface area contributed by atoms with Crippen molar-refractivity contribution in [3.05, 3.63) is 34.9 Å². The lowest BCUT2D eigenvalue weighted by molar-refractivity contribution is -0.124. The van der Waals surface area contributed by atoms with Crippen LogP contribution in [0.1, 0.15) is 31.4 Å². The molecule has 1 N–H and O–H groups in total. The van der Waals surface area contributed by atoms with Crippen LogP contribution < -0.4 is 5.32 Å². The molecule has 1 aliphatic rings. The number of piperidine rings is 1. The molecule has 1 aliphatic heterocycles. The second-order valence-corrected chi connectivity index (χ2v) is 5.99. The average molecular weight is 309 g/mol. The van der Waals surface area contributed by atoms with E-state index in [2.05, 4.69) is 5.32 Å². The van der Waals surface area contributed by atoms with Gasteiger partial charge in [-0.3, -0.25) is 9.69 Å². The third kappa shape index (κ3) is 4.55. The second kappa shape index (κ2) is 7.57. The predicted octanol–water partition coefficient (Wildman–Crippen LogP) is 2.43. The highest BCUT2D eigenvalue weighted by atomic mass is 35.5. The van der Waals surface area contributed by atoms with Gasteiger partial charge in [-0.15, -0.1) is 0 Å². The second-order valence-electron chi connectivity index (χ2n) is 5.58. The normalized spacial score (nSPS) is 20.8. The smallest absolute Gasteiger partial charge is 0.234 e. The summed E-state index contributed by atoms with van der Waals surface area (Å²) in [6.07, 6.45) is 2.89. The lowest BCUT2D eigenvalue weighted by Gasteiger charge is -2.29. The molecule has 4 nitrogen and oxygen atoms in total. The summed E-state index contributed by atoms with van der Waals surface area (Å²) in [6.45, 7) is 3.80. The molecule has 0 aliphatic carbocycles. The van der Waals surface area contributed by atoms with Gasteiger partial charge >= 0.3 is 0 Å². The van der Waals surface area contributed by atoms with Gasteiger partial charge in [0.05, 0.1) is 12.6 Å². The van der Waals surface area contributed by atoms with Crippen molar-refractivity contribution in [1.82, 2.24) is 10.2 Å². The van der Waals surface area contributed by atoms with Gasteiger partial charge in [0.1, 0.15) is 6.29 Å². The number of benzene rings is 1. The molecule has 2 unspecified atom stereocenters. The monoisotopic (exact) mass is 308 g/mol. The Labute approximate surface area is 130 Å². The highest BCUT2D eigenvalue weighted by Gasteiger charge is 2.21. The summed E-state index contributed by atoms with van der Waals surface area (Å²) in [4.78, 5) is 25.0. The molecule has 0 spiro atoms. The summed E-state index contributed by atoms with van der Waals surface area (Å²) in [6, 6.07) is 7.38. The summed E-state index contributed by atoms with van der Waals surface area (Å²) in [5.74, 6) is 0.0292. The number of likely N-dealkylation sites (tertiary alicyclic amines) is 1. The SMILES string of the molecule is CC(NC(=O)CN1CCCC(C=O)C1)c1ccccc1Cl. The van der Waals surface area contributed by atoms with Crippen LogP contribution in [0.4, 0.5) is 0 Å². The molecule has 0 aromatic heterocycles. The number of halogens is 1. The Bertz CT molecular complexity index is 507. The van der Waals surface area contributed by atoms with Gasteiger partial charge in [0, 0.05) is 17.5 Å². The van der Waals surface area contributed by atoms with Crippen LogP contribution in [0.3, 0.4) is 0 Å². The molecule has 114 valence electrons. The largest absolute Gasteiger partial charge is 0.348 e. The topological polar surface area (TPSA) is 49.4 Å². The molecule has 1 aromatic carbocycles. The fourth-order valence-corrected chi connectivity index (χ4v) is 3.04. The van der Waals surface area contributed by atoms with Crippen LogP contribution in [-0.2, 0) is 9.59 Å². The first-order valence-corrected chi connectivity index (χ1v) is 7.69. The Morgan fingerprint density at radius 3 is 3.00 bits per heavy atom. The summed E-state index contributed by atoms with van der Waals surface area (Å²) < 4.78 is 0. The van der Waals surface area contributed by atoms with E-state index in [-0.39, 0.29) is 17.9 Å². The zero-order valence-corrected chi connectivity index (χ0v) is 13.0. The van der Waals surface area contributed by atoms with E-state index in [0.717, 1.165) is 31.2 Å². The van der Waals surface area contributed by atoms with E-state index in [1.807, 2.05) is 36.1 Å². The molecule has 0 saturated carbocycles. The first-order chi connectivity index (χ1) is 10.1. The van der Waals surface area contributed by atoms with Crippen molar-refractivity contribution in [3.63, 3.8) is 0 Å². The maximum atomic E-state index is 12.1. The van der Waals surface area contributed by atoms with E-state index in [4.69, 9.17) is 11.6 Å². The Kier molecular flexibility index (Phi) is 5.76. The highest BCUT2D eigenvalue weighted by molar-refractivity contribution is 6.31. The van der Waals surface area contributed by atoms with Gasteiger partial charge in [-0.2, -0.15) is 0 Å². The van der Waals surface area contributed by atoms with Gasteiger partial charge in [-0.05, 0) is 37.9 Å². The lowest BCUT2D eigenvalue weighted by atomic mass is 10.00. The predicted molar refractivity (Wildman–Crippen MR) is 83.2 cm³/mol. The standard InChI is InChI=1S/C16H21ClN2O2/c1-12(14-6-2-3-7-15(14)17)18-16(21)10-19-8-4-5-13(9-19)11-20/h2-3,6-7,11-13H,4-5,8-10H2,1H3,(H,18,21). The Morgan fingerprint density at radius 2 is 2.29 bits per heavy atom. The van der Waals surface area contributed by atoms with E-state index >= 15 is 0 Å². The first-order valence-electron chi connectivity index (χ1n) is 7.31. The Morgan fingerprint density at radius 1 is 1.52 bits per heavy atom. The molecule has 2 rings (SSSR count). The Balaban J connectivity index is 1.87. The summed E-state index contributed by atoms with van der Waals surface area (Å²) in [7, 11) is 0. The number of amides is 1. The van der Waals surface area contributed by atoms with Crippen molar-refractivity contribution in [2.24, 2.45) is 5.92 Å². The zero-order valence-electron chi connectivity index (χ0n) is 12.2. The summed E-state index contributed by atoms with van der Waals surface area (Å²) >= 11 is 6.13. The third-order valence-corrected chi connectivity index (χ3v) is 4.20. The maximum Gasteiger partial charge on any atom is 0.234 e. The first kappa shape index (κ1) is 16.0. The lowest BCUT2D eigenvalue weighted by Crippen LogP contribution is -2.43. The van der Waals surface area contributed by atoms with Crippen LogP contribution in [0.5, 0.6) is 0 Å². The van der Waals surface area contributed by atoms with Crippen molar-refractivity contribution in [2.75, 3.05) is 19.6 Å². The van der Waals surface area contributed by atoms with Gasteiger partial charge in [-0.1, -0.05) is 29.8 Å². The molecule has 1 fully saturated rings. The fraction of sp³-hybridized carbons (Fsp3) is 0.500. The van der Waals surface area contributed by atoms with E-state index in [1.54, 1.807) is 0 Å². The number of hydrogen-bond acceptors (Lipinski definition) is 3. The molecule has 1 aromatic rings. The molecule has 5 heteroatoms. The molecule has 1 heterocycles. The van der Waals surface area contributed by atoms with Crippen molar-refractivity contribution in [2.45, 2.75) is 25.8 Å². The fourth-order valence-electron chi connectivity index (χ4n) is 2.74. The number of nitrogens with one attached hydrogen (secondary N) is 1. The van der Waals surface area contributed by atoms with Crippen LogP contribution in [0.15, 0.2) is 24.3 Å². The molecule has 1 saturated heterocycles. The zero-order chi connectivity index (χ0) is 15.2. The Hall–Kier alpha value is -1.39. The van der Waals surface area contributed by atoms with Gasteiger partial charge < -0.3 is 10.1 Å². The van der Waals surface area contributed by atoms with Crippen molar-refractivity contribution < 1.29 is 9.59 Å². The molecule has 0 radical (unpaired) electrons. The minimum atomic E-state index is -0.127. The third-order valence-electron chi connectivity index (χ3n) is 3.85. The van der Waals surface area contributed by atoms with Gasteiger partial charge in [-0.25, -0.2) is 0 Å². The minimum Gasteiger partial charge on any atom is -0.348 e. The number of carbonyl (C=O) groups excluding carboxylic acids is 2. The van der Waals surface area contributed by atoms with Crippen LogP contribution >= 0.6 is 11.6 Å². The number of hydrogen-bond donors (Lipinski definition) is 1. The van der Waals surface area contributed by atoms with Crippen LogP contribution in [-0.4, -0.2) is 36.7 Å². The van der Waals surface area contributed by atoms with Crippen LogP contribution in [0.25, 0.3) is 0 Å². The van der Waals surface area contributed by atoms with Gasteiger partial charge in [0.25, 0.3) is 0 Å². The number of carbonyl (C=O) groups is 2. The van der Waals surface area contributed by atoms with E-state index in [1.165, 1.54) is 0 Å². The van der Waals surface area contributed by atoms with Gasteiger partial charge in [0.15, 0.2) is 0 Å². The number of nitrogens with zero attached hydrogens (tertiary/aromatic N) is 1. The number of aldehydes is 1. The van der Waals surface area contributed by atoms with Gasteiger partial charge in [0.2, 0.25) is 5.91 Å². The van der Waals surface area contributed by atoms with E-state index in [0.29, 0.717) is 18.1 Å². The maximum absolute atomic E-state index is 12.1. The molecular formula is C16H21ClN2O2. The van der Waals surface area contributed by atoms with Crippen molar-refractivity contribution >= 4 is 23.8 Å². The van der Waals surface area contributed by atoms with Crippen LogP contribution in [0, 0.1) is 5.92 Å². The minimum absolute atomic E-state index is 0.0334. The quantitative estimate of drug-likeness (QED) is 0.850.